The van der Waals surface area contributed by atoms with Crippen LogP contribution in [0.3, 0.4) is 0 Å². The Morgan fingerprint density at radius 3 is 2.86 bits per heavy atom. The molecule has 118 valence electrons. The molecule has 0 radical (unpaired) electrons. The number of hydrogen-bond donors (Lipinski definition) is 2. The minimum Gasteiger partial charge on any atom is -0.368 e. The number of nitrogens with zero attached hydrogens (tertiary/aromatic N) is 2. The van der Waals surface area contributed by atoms with Gasteiger partial charge in [0, 0.05) is 47.0 Å². The van der Waals surface area contributed by atoms with Gasteiger partial charge < -0.3 is 5.32 Å². The topological polar surface area (TPSA) is 92.6 Å². The first-order valence-corrected chi connectivity index (χ1v) is 10.4. The molecular formula is C11H18N4O3S3. The normalized spacial score (nSPS) is 15.2. The molecule has 0 spiro atoms. The van der Waals surface area contributed by atoms with E-state index in [1.54, 1.807) is 29.2 Å². The molecule has 2 aromatic rings. The lowest BCUT2D eigenvalue weighted by molar-refractivity contribution is 0.576. The Bertz CT molecular complexity index is 750. The summed E-state index contributed by atoms with van der Waals surface area (Å²) in [7, 11) is -4.82. The van der Waals surface area contributed by atoms with Crippen LogP contribution >= 0.6 is 11.3 Å². The maximum Gasteiger partial charge on any atom is 0.260 e. The molecule has 10 heteroatoms. The molecule has 0 bridgehead atoms. The summed E-state index contributed by atoms with van der Waals surface area (Å²) < 4.78 is 40.4. The predicted octanol–water partition coefficient (Wildman–Crippen LogP) is 0.873. The molecule has 0 fully saturated rings. The fourth-order valence-corrected chi connectivity index (χ4v) is 4.30. The minimum absolute atomic E-state index is 0.0923. The van der Waals surface area contributed by atoms with Crippen molar-refractivity contribution in [1.82, 2.24) is 14.1 Å². The second kappa shape index (κ2) is 6.42. The maximum absolute atomic E-state index is 12.5. The highest BCUT2D eigenvalue weighted by atomic mass is 32.2. The molecule has 0 aliphatic rings. The van der Waals surface area contributed by atoms with Crippen LogP contribution in [0.4, 0.5) is 5.82 Å². The van der Waals surface area contributed by atoms with E-state index in [-0.39, 0.29) is 16.8 Å². The van der Waals surface area contributed by atoms with Crippen LogP contribution in [-0.4, -0.2) is 46.6 Å². The van der Waals surface area contributed by atoms with E-state index in [4.69, 9.17) is 0 Å². The Hall–Kier alpha value is -0.970. The summed E-state index contributed by atoms with van der Waals surface area (Å²) in [5.74, 6) is 0.335. The summed E-state index contributed by atoms with van der Waals surface area (Å²) in [4.78, 5) is 4.89. The lowest BCUT2D eigenvalue weighted by Crippen LogP contribution is -2.33. The number of thiazole rings is 1. The van der Waals surface area contributed by atoms with Crippen LogP contribution in [0.1, 0.15) is 13.8 Å². The van der Waals surface area contributed by atoms with Crippen molar-refractivity contribution in [2.24, 2.45) is 0 Å². The van der Waals surface area contributed by atoms with Gasteiger partial charge in [-0.25, -0.2) is 18.1 Å². The Labute approximate surface area is 130 Å². The van der Waals surface area contributed by atoms with E-state index in [9.17, 15) is 12.6 Å². The smallest absolute Gasteiger partial charge is 0.260 e. The number of nitrogens with one attached hydrogen (secondary N) is 2. The Kier molecular flexibility index (Phi) is 5.02. The maximum atomic E-state index is 12.5. The van der Waals surface area contributed by atoms with Crippen molar-refractivity contribution in [2.75, 3.05) is 24.7 Å². The predicted molar refractivity (Wildman–Crippen MR) is 85.9 cm³/mol. The first-order chi connectivity index (χ1) is 9.86. The van der Waals surface area contributed by atoms with Gasteiger partial charge in [0.1, 0.15) is 0 Å². The highest BCUT2D eigenvalue weighted by Gasteiger charge is 2.26. The molecule has 2 aromatic heterocycles. The number of aromatic nitrogens is 2. The quantitative estimate of drug-likeness (QED) is 0.773. The average molecular weight is 350 g/mol. The second-order valence-corrected chi connectivity index (χ2v) is 8.87. The summed E-state index contributed by atoms with van der Waals surface area (Å²) in [6.45, 7) is 4.30. The van der Waals surface area contributed by atoms with Crippen molar-refractivity contribution >= 4 is 42.9 Å². The van der Waals surface area contributed by atoms with Gasteiger partial charge in [-0.3, -0.25) is 8.61 Å². The van der Waals surface area contributed by atoms with Crippen LogP contribution in [0.5, 0.6) is 0 Å². The number of fused-ring (bicyclic) bond motifs is 1. The molecule has 0 aromatic carbocycles. The molecule has 0 amide bonds. The van der Waals surface area contributed by atoms with Gasteiger partial charge in [-0.1, -0.05) is 0 Å². The summed E-state index contributed by atoms with van der Waals surface area (Å²) >= 11 is 1.36. The van der Waals surface area contributed by atoms with Crippen molar-refractivity contribution < 1.29 is 12.6 Å². The zero-order valence-electron chi connectivity index (χ0n) is 12.0. The summed E-state index contributed by atoms with van der Waals surface area (Å²) in [5.41, 5.74) is 0. The van der Waals surface area contributed by atoms with Crippen molar-refractivity contribution in [3.8, 4) is 0 Å². The standard InChI is InChI=1S/C11H18N4O3S3/c1-4-12-9-10(15-5-6-19-11(15)14-9)21(17,18)13-7-8(2)20(3)16/h5-6,8,12-13H,4,7H2,1-3H3. The molecule has 2 atom stereocenters. The Morgan fingerprint density at radius 2 is 2.24 bits per heavy atom. The molecule has 0 saturated carbocycles. The van der Waals surface area contributed by atoms with Gasteiger partial charge in [0.15, 0.2) is 15.8 Å². The highest BCUT2D eigenvalue weighted by molar-refractivity contribution is 7.89. The van der Waals surface area contributed by atoms with E-state index in [1.807, 2.05) is 6.92 Å². The summed E-state index contributed by atoms with van der Waals surface area (Å²) in [6, 6.07) is 0. The van der Waals surface area contributed by atoms with E-state index in [1.165, 1.54) is 11.3 Å². The minimum atomic E-state index is -3.73. The van der Waals surface area contributed by atoms with E-state index < -0.39 is 20.8 Å². The third-order valence-electron chi connectivity index (χ3n) is 2.94. The molecule has 2 N–H and O–H groups in total. The average Bonchev–Trinajstić information content (AvgIpc) is 2.96. The van der Waals surface area contributed by atoms with Gasteiger partial charge in [0.25, 0.3) is 10.0 Å². The SMILES string of the molecule is CCNc1nc2sccn2c1S(=O)(=O)NCC(C)S(C)=O. The molecule has 0 aliphatic carbocycles. The number of rotatable bonds is 7. The number of imidazole rings is 1. The summed E-state index contributed by atoms with van der Waals surface area (Å²) in [6.07, 6.45) is 3.22. The number of hydrogen-bond acceptors (Lipinski definition) is 6. The van der Waals surface area contributed by atoms with E-state index in [2.05, 4.69) is 15.0 Å². The van der Waals surface area contributed by atoms with Crippen LogP contribution in [-0.2, 0) is 20.8 Å². The Morgan fingerprint density at radius 1 is 1.52 bits per heavy atom. The van der Waals surface area contributed by atoms with Crippen LogP contribution < -0.4 is 10.0 Å². The van der Waals surface area contributed by atoms with Crippen LogP contribution in [0.15, 0.2) is 16.6 Å². The molecule has 2 unspecified atom stereocenters. The second-order valence-electron chi connectivity index (χ2n) is 4.51. The van der Waals surface area contributed by atoms with E-state index >= 15 is 0 Å². The zero-order chi connectivity index (χ0) is 15.6. The number of sulfonamides is 1. The van der Waals surface area contributed by atoms with Crippen molar-refractivity contribution in [3.63, 3.8) is 0 Å². The molecule has 0 aliphatic heterocycles. The van der Waals surface area contributed by atoms with Gasteiger partial charge in [-0.2, -0.15) is 0 Å². The molecule has 2 rings (SSSR count). The fourth-order valence-electron chi connectivity index (χ4n) is 1.72. The third-order valence-corrected chi connectivity index (χ3v) is 6.45. The molecule has 0 saturated heterocycles. The van der Waals surface area contributed by atoms with Crippen molar-refractivity contribution in [3.05, 3.63) is 11.6 Å². The van der Waals surface area contributed by atoms with Crippen LogP contribution in [0, 0.1) is 0 Å². The highest BCUT2D eigenvalue weighted by Crippen LogP contribution is 2.25. The summed E-state index contributed by atoms with van der Waals surface area (Å²) in [5, 5.41) is 4.58. The first kappa shape index (κ1) is 16.4. The molecular weight excluding hydrogens is 332 g/mol. The first-order valence-electron chi connectivity index (χ1n) is 6.38. The fraction of sp³-hybridized carbons (Fsp3) is 0.545. The largest absolute Gasteiger partial charge is 0.368 e. The third kappa shape index (κ3) is 3.44. The van der Waals surface area contributed by atoms with E-state index in [0.29, 0.717) is 17.3 Å². The van der Waals surface area contributed by atoms with Gasteiger partial charge in [-0.15, -0.1) is 11.3 Å². The molecule has 21 heavy (non-hydrogen) atoms. The van der Waals surface area contributed by atoms with Gasteiger partial charge in [0.2, 0.25) is 0 Å². The van der Waals surface area contributed by atoms with Gasteiger partial charge in [-0.05, 0) is 13.8 Å². The van der Waals surface area contributed by atoms with Gasteiger partial charge in [0.05, 0.1) is 0 Å². The Balaban J connectivity index is 2.36. The lowest BCUT2D eigenvalue weighted by atomic mass is 10.5. The number of anilines is 1. The van der Waals surface area contributed by atoms with Crippen LogP contribution in [0.25, 0.3) is 4.96 Å². The van der Waals surface area contributed by atoms with Gasteiger partial charge >= 0.3 is 0 Å². The van der Waals surface area contributed by atoms with Crippen molar-refractivity contribution in [2.45, 2.75) is 24.1 Å². The molecule has 2 heterocycles. The van der Waals surface area contributed by atoms with Crippen molar-refractivity contribution in [1.29, 1.82) is 0 Å². The van der Waals surface area contributed by atoms with Crippen LogP contribution in [0.2, 0.25) is 0 Å². The monoisotopic (exact) mass is 350 g/mol. The lowest BCUT2D eigenvalue weighted by Gasteiger charge is -2.11. The van der Waals surface area contributed by atoms with E-state index in [0.717, 1.165) is 0 Å². The molecule has 7 nitrogen and oxygen atoms in total. The zero-order valence-corrected chi connectivity index (χ0v) is 14.4.